The second kappa shape index (κ2) is 8.61. The van der Waals surface area contributed by atoms with Crippen LogP contribution in [0.15, 0.2) is 23.1 Å². The first-order valence-electron chi connectivity index (χ1n) is 10.1. The van der Waals surface area contributed by atoms with Gasteiger partial charge in [0.2, 0.25) is 0 Å². The summed E-state index contributed by atoms with van der Waals surface area (Å²) in [7, 11) is -9.88. The van der Waals surface area contributed by atoms with Crippen LogP contribution in [-0.2, 0) is 4.79 Å². The maximum atomic E-state index is 12.9. The van der Waals surface area contributed by atoms with E-state index in [0.717, 1.165) is 19.3 Å². The fourth-order valence-electron chi connectivity index (χ4n) is 3.78. The molecule has 1 aromatic rings. The highest BCUT2D eigenvalue weighted by atomic mass is 35.5. The number of rotatable bonds is 9. The Hall–Kier alpha value is -1.02. The van der Waals surface area contributed by atoms with Gasteiger partial charge in [0.25, 0.3) is 0 Å². The number of carbonyl (C=O) groups is 1. The lowest BCUT2D eigenvalue weighted by atomic mass is 9.80. The van der Waals surface area contributed by atoms with E-state index in [1.54, 1.807) is 0 Å². The zero-order valence-electron chi connectivity index (χ0n) is 16.5. The van der Waals surface area contributed by atoms with Gasteiger partial charge in [0.15, 0.2) is 0 Å². The summed E-state index contributed by atoms with van der Waals surface area (Å²) in [6.45, 7) is 2.18. The maximum Gasteiger partial charge on any atom is 0.314 e. The van der Waals surface area contributed by atoms with Gasteiger partial charge in [-0.3, -0.25) is 4.79 Å². The second-order valence-electron chi connectivity index (χ2n) is 7.90. The highest BCUT2D eigenvalue weighted by Crippen LogP contribution is 3.02. The van der Waals surface area contributed by atoms with Gasteiger partial charge in [0.1, 0.15) is 10.6 Å². The van der Waals surface area contributed by atoms with Gasteiger partial charge in [0.05, 0.1) is 10.9 Å². The van der Waals surface area contributed by atoms with E-state index in [-0.39, 0.29) is 17.7 Å². The van der Waals surface area contributed by atoms with Crippen molar-refractivity contribution in [3.05, 3.63) is 23.2 Å². The van der Waals surface area contributed by atoms with Crippen molar-refractivity contribution in [3.8, 4) is 5.75 Å². The molecule has 0 spiro atoms. The van der Waals surface area contributed by atoms with Gasteiger partial charge in [-0.25, -0.2) is 0 Å². The first-order valence-corrected chi connectivity index (χ1v) is 12.4. The first kappa shape index (κ1) is 24.3. The zero-order valence-corrected chi connectivity index (χ0v) is 18.0. The van der Waals surface area contributed by atoms with E-state index >= 15 is 0 Å². The van der Waals surface area contributed by atoms with Gasteiger partial charge in [-0.2, -0.15) is 0 Å². The normalized spacial score (nSPS) is 22.6. The Labute approximate surface area is 173 Å². The van der Waals surface area contributed by atoms with E-state index in [4.69, 9.17) is 16.3 Å². The molecule has 0 amide bonds. The average molecular weight is 463 g/mol. The molecule has 0 aliphatic heterocycles. The summed E-state index contributed by atoms with van der Waals surface area (Å²) in [6.07, 6.45) is 10.4. The molecule has 0 aromatic heterocycles. The molecule has 0 unspecified atom stereocenters. The molecule has 1 fully saturated rings. The number of hydrogen-bond acceptors (Lipinski definition) is 2. The topological polar surface area (TPSA) is 26.3 Å². The predicted molar refractivity (Wildman–Crippen MR) is 107 cm³/mol. The van der Waals surface area contributed by atoms with Crippen LogP contribution in [0, 0.1) is 11.8 Å². The third kappa shape index (κ3) is 7.63. The fraction of sp³-hybridized carbons (Fsp3) is 0.650. The number of unbranched alkanes of at least 4 members (excludes halogenated alkanes) is 4. The van der Waals surface area contributed by atoms with Crippen LogP contribution < -0.4 is 4.74 Å². The van der Waals surface area contributed by atoms with Gasteiger partial charge in [-0.15, -0.1) is 0 Å². The van der Waals surface area contributed by atoms with Crippen LogP contribution in [0.3, 0.4) is 0 Å². The summed E-state index contributed by atoms with van der Waals surface area (Å²) in [5.74, 6) is -0.557. The zero-order chi connectivity index (χ0) is 21.8. The Morgan fingerprint density at radius 1 is 1.03 bits per heavy atom. The summed E-state index contributed by atoms with van der Waals surface area (Å²) in [5, 5.41) is -1.18. The third-order valence-electron chi connectivity index (χ3n) is 5.43. The number of carbonyl (C=O) groups excluding carboxylic acids is 1. The Kier molecular flexibility index (Phi) is 7.20. The van der Waals surface area contributed by atoms with Gasteiger partial charge in [-0.05, 0) is 43.7 Å². The molecule has 1 aliphatic carbocycles. The number of hydrogen-bond donors (Lipinski definition) is 0. The smallest absolute Gasteiger partial charge is 0.314 e. The SMILES string of the molecule is CCCCCCCC1CCC(C(=O)Oc2ccc(S(F)(F)(F)(F)F)c(Cl)c2)CC1. The lowest BCUT2D eigenvalue weighted by Gasteiger charge is -2.41. The van der Waals surface area contributed by atoms with Crippen LogP contribution in [0.4, 0.5) is 19.4 Å². The van der Waals surface area contributed by atoms with Gasteiger partial charge in [0, 0.05) is 6.07 Å². The second-order valence-corrected chi connectivity index (χ2v) is 10.7. The Morgan fingerprint density at radius 2 is 1.66 bits per heavy atom. The van der Waals surface area contributed by atoms with E-state index in [2.05, 4.69) is 6.92 Å². The molecule has 0 radical (unpaired) electrons. The first-order chi connectivity index (χ1) is 13.3. The van der Waals surface area contributed by atoms with Gasteiger partial charge in [-0.1, -0.05) is 76.5 Å². The van der Waals surface area contributed by atoms with E-state index in [1.165, 1.54) is 32.1 Å². The van der Waals surface area contributed by atoms with Crippen molar-refractivity contribution < 1.29 is 29.0 Å². The van der Waals surface area contributed by atoms with E-state index < -0.39 is 26.1 Å². The molecule has 0 N–H and O–H groups in total. The number of benzene rings is 1. The molecule has 1 aromatic carbocycles. The Bertz CT molecular complexity index is 716. The van der Waals surface area contributed by atoms with Gasteiger partial charge >= 0.3 is 16.2 Å². The Balaban J connectivity index is 1.85. The average Bonchev–Trinajstić information content (AvgIpc) is 2.59. The van der Waals surface area contributed by atoms with Crippen LogP contribution in [0.1, 0.15) is 71.1 Å². The van der Waals surface area contributed by atoms with Crippen LogP contribution >= 0.6 is 21.8 Å². The maximum absolute atomic E-state index is 12.9. The summed E-state index contributed by atoms with van der Waals surface area (Å²) < 4.78 is 69.5. The molecule has 0 bridgehead atoms. The monoisotopic (exact) mass is 462 g/mol. The number of ether oxygens (including phenoxy) is 1. The van der Waals surface area contributed by atoms with Crippen molar-refractivity contribution in [1.29, 1.82) is 0 Å². The van der Waals surface area contributed by atoms with Crippen LogP contribution in [-0.4, -0.2) is 5.97 Å². The van der Waals surface area contributed by atoms with E-state index in [9.17, 15) is 24.2 Å². The highest BCUT2D eigenvalue weighted by Gasteiger charge is 2.66. The van der Waals surface area contributed by atoms with Crippen LogP contribution in [0.5, 0.6) is 5.75 Å². The molecule has 1 saturated carbocycles. The number of esters is 1. The minimum atomic E-state index is -9.88. The lowest BCUT2D eigenvalue weighted by Crippen LogP contribution is -2.25. The van der Waals surface area contributed by atoms with Crippen molar-refractivity contribution in [1.82, 2.24) is 0 Å². The van der Waals surface area contributed by atoms with Gasteiger partial charge < -0.3 is 4.74 Å². The molecule has 2 nitrogen and oxygen atoms in total. The van der Waals surface area contributed by atoms with E-state index in [1.807, 2.05) is 0 Å². The highest BCUT2D eigenvalue weighted by molar-refractivity contribution is 8.45. The molecule has 29 heavy (non-hydrogen) atoms. The minimum absolute atomic E-state index is 0.169. The van der Waals surface area contributed by atoms with Crippen molar-refractivity contribution in [3.63, 3.8) is 0 Å². The summed E-state index contributed by atoms with van der Waals surface area (Å²) in [6, 6.07) is 1.50. The third-order valence-corrected chi connectivity index (χ3v) is 7.05. The molecular formula is C20H28ClF5O2S. The van der Waals surface area contributed by atoms with Crippen molar-refractivity contribution in [2.45, 2.75) is 76.0 Å². The van der Waals surface area contributed by atoms with Crippen molar-refractivity contribution >= 4 is 27.8 Å². The van der Waals surface area contributed by atoms with Crippen LogP contribution in [0.2, 0.25) is 5.02 Å². The molecular weight excluding hydrogens is 435 g/mol. The standard InChI is InChI=1S/C20H28ClF5O2S/c1-2-3-4-5-6-7-15-8-10-16(11-9-15)20(27)28-17-12-13-19(18(21)14-17)29(22,23,24,25)26/h12-16H,2-11H2,1H3. The molecule has 0 heterocycles. The molecule has 1 aliphatic rings. The molecule has 0 atom stereocenters. The minimum Gasteiger partial charge on any atom is -0.426 e. The molecule has 168 valence electrons. The summed E-state index contributed by atoms with van der Waals surface area (Å²) >= 11 is 5.40. The van der Waals surface area contributed by atoms with Crippen LogP contribution in [0.25, 0.3) is 0 Å². The lowest BCUT2D eigenvalue weighted by molar-refractivity contribution is -0.140. The number of halogens is 6. The summed E-state index contributed by atoms with van der Waals surface area (Å²) in [4.78, 5) is 10.1. The Morgan fingerprint density at radius 3 is 2.21 bits per heavy atom. The molecule has 9 heteroatoms. The molecule has 2 rings (SSSR count). The van der Waals surface area contributed by atoms with Crippen molar-refractivity contribution in [2.75, 3.05) is 0 Å². The molecule has 0 saturated heterocycles. The van der Waals surface area contributed by atoms with E-state index in [0.29, 0.717) is 30.9 Å². The quantitative estimate of drug-likeness (QED) is 0.158. The van der Waals surface area contributed by atoms with Crippen molar-refractivity contribution in [2.24, 2.45) is 11.8 Å². The summed E-state index contributed by atoms with van der Waals surface area (Å²) in [5.41, 5.74) is 0. The predicted octanol–water partition coefficient (Wildman–Crippen LogP) is 9.07. The largest absolute Gasteiger partial charge is 0.426 e. The fourth-order valence-corrected chi connectivity index (χ4v) is 5.14.